The maximum absolute atomic E-state index is 12.3. The summed E-state index contributed by atoms with van der Waals surface area (Å²) >= 11 is 0. The van der Waals surface area contributed by atoms with Gasteiger partial charge in [0.2, 0.25) is 11.8 Å². The minimum absolute atomic E-state index is 0.00447. The van der Waals surface area contributed by atoms with Crippen LogP contribution in [0.4, 0.5) is 5.69 Å². The van der Waals surface area contributed by atoms with E-state index in [9.17, 15) is 9.59 Å². The minimum atomic E-state index is -0.224. The number of nitrogens with one attached hydrogen (secondary N) is 2. The third-order valence-electron chi connectivity index (χ3n) is 3.77. The quantitative estimate of drug-likeness (QED) is 0.829. The van der Waals surface area contributed by atoms with Crippen molar-refractivity contribution in [1.82, 2.24) is 10.2 Å². The number of benzene rings is 1. The van der Waals surface area contributed by atoms with E-state index in [1.54, 1.807) is 24.1 Å². The molecule has 1 aromatic carbocycles. The van der Waals surface area contributed by atoms with Crippen molar-refractivity contribution in [2.75, 3.05) is 32.1 Å². The molecule has 1 atom stereocenters. The van der Waals surface area contributed by atoms with E-state index >= 15 is 0 Å². The van der Waals surface area contributed by atoms with E-state index < -0.39 is 0 Å². The number of amides is 2. The lowest BCUT2D eigenvalue weighted by atomic mass is 10.2. The first-order valence-electron chi connectivity index (χ1n) is 7.60. The van der Waals surface area contributed by atoms with Crippen molar-refractivity contribution in [3.05, 3.63) is 24.3 Å². The Hall–Kier alpha value is -2.08. The van der Waals surface area contributed by atoms with Crippen molar-refractivity contribution in [2.45, 2.75) is 25.8 Å². The molecule has 6 heteroatoms. The second-order valence-corrected chi connectivity index (χ2v) is 5.25. The van der Waals surface area contributed by atoms with Crippen molar-refractivity contribution in [3.8, 4) is 5.75 Å². The van der Waals surface area contributed by atoms with Crippen LogP contribution >= 0.6 is 0 Å². The Balaban J connectivity index is 1.95. The van der Waals surface area contributed by atoms with Crippen LogP contribution < -0.4 is 15.4 Å². The van der Waals surface area contributed by atoms with Crippen LogP contribution in [0.5, 0.6) is 5.75 Å². The van der Waals surface area contributed by atoms with Crippen LogP contribution in [0.2, 0.25) is 0 Å². The topological polar surface area (TPSA) is 70.7 Å². The van der Waals surface area contributed by atoms with Gasteiger partial charge in [0.25, 0.3) is 0 Å². The molecular formula is C16H23N3O3. The van der Waals surface area contributed by atoms with Crippen molar-refractivity contribution >= 4 is 17.5 Å². The fraction of sp³-hybridized carbons (Fsp3) is 0.500. The van der Waals surface area contributed by atoms with Crippen molar-refractivity contribution in [1.29, 1.82) is 0 Å². The van der Waals surface area contributed by atoms with Crippen molar-refractivity contribution in [3.63, 3.8) is 0 Å². The largest absolute Gasteiger partial charge is 0.495 e. The Labute approximate surface area is 130 Å². The molecule has 0 bridgehead atoms. The van der Waals surface area contributed by atoms with Gasteiger partial charge in [0.1, 0.15) is 5.75 Å². The normalized spacial score (nSPS) is 17.1. The van der Waals surface area contributed by atoms with Gasteiger partial charge < -0.3 is 20.3 Å². The van der Waals surface area contributed by atoms with Crippen molar-refractivity contribution in [2.24, 2.45) is 0 Å². The lowest BCUT2D eigenvalue weighted by molar-refractivity contribution is -0.136. The van der Waals surface area contributed by atoms with Gasteiger partial charge in [0.05, 0.1) is 25.4 Å². The Bertz CT molecular complexity index is 527. The predicted octanol–water partition coefficient (Wildman–Crippen LogP) is 1.23. The number of nitrogens with zero attached hydrogens (tertiary/aromatic N) is 1. The number of carbonyl (C=O) groups excluding carboxylic acids is 2. The molecule has 2 amide bonds. The van der Waals surface area contributed by atoms with Crippen LogP contribution in [0, 0.1) is 0 Å². The highest BCUT2D eigenvalue weighted by molar-refractivity contribution is 5.96. The summed E-state index contributed by atoms with van der Waals surface area (Å²) < 4.78 is 5.20. The minimum Gasteiger partial charge on any atom is -0.495 e. The highest BCUT2D eigenvalue weighted by Gasteiger charge is 2.27. The molecule has 6 nitrogen and oxygen atoms in total. The summed E-state index contributed by atoms with van der Waals surface area (Å²) in [4.78, 5) is 26.1. The molecule has 2 N–H and O–H groups in total. The molecule has 1 aliphatic rings. The lowest BCUT2D eigenvalue weighted by Gasteiger charge is -2.24. The van der Waals surface area contributed by atoms with Gasteiger partial charge in [-0.25, -0.2) is 0 Å². The molecule has 120 valence electrons. The third kappa shape index (κ3) is 3.98. The molecule has 2 rings (SSSR count). The van der Waals surface area contributed by atoms with Crippen LogP contribution in [-0.4, -0.2) is 49.5 Å². The van der Waals surface area contributed by atoms with Gasteiger partial charge in [-0.05, 0) is 38.4 Å². The van der Waals surface area contributed by atoms with Gasteiger partial charge in [-0.1, -0.05) is 12.1 Å². The molecule has 0 saturated carbocycles. The number of carbonyl (C=O) groups is 2. The first kappa shape index (κ1) is 16.3. The fourth-order valence-corrected chi connectivity index (χ4v) is 2.57. The van der Waals surface area contributed by atoms with Gasteiger partial charge >= 0.3 is 0 Å². The second-order valence-electron chi connectivity index (χ2n) is 5.25. The zero-order valence-corrected chi connectivity index (χ0v) is 13.1. The number of para-hydroxylation sites is 2. The van der Waals surface area contributed by atoms with Crippen LogP contribution in [0.15, 0.2) is 24.3 Å². The molecule has 0 aromatic heterocycles. The van der Waals surface area contributed by atoms with Gasteiger partial charge in [-0.15, -0.1) is 0 Å². The Morgan fingerprint density at radius 3 is 2.82 bits per heavy atom. The summed E-state index contributed by atoms with van der Waals surface area (Å²) in [5.41, 5.74) is 0.609. The van der Waals surface area contributed by atoms with Crippen molar-refractivity contribution < 1.29 is 14.3 Å². The van der Waals surface area contributed by atoms with E-state index in [4.69, 9.17) is 4.74 Å². The molecule has 0 radical (unpaired) electrons. The first-order valence-corrected chi connectivity index (χ1v) is 7.60. The predicted molar refractivity (Wildman–Crippen MR) is 84.9 cm³/mol. The zero-order chi connectivity index (χ0) is 15.9. The molecule has 0 spiro atoms. The van der Waals surface area contributed by atoms with Gasteiger partial charge in [0, 0.05) is 6.54 Å². The number of rotatable bonds is 6. The highest BCUT2D eigenvalue weighted by Crippen LogP contribution is 2.22. The SMILES string of the molecule is CCN(CC(=O)Nc1ccccc1OC)C(=O)C1CCCN1. The van der Waals surface area contributed by atoms with Crippen LogP contribution in [-0.2, 0) is 9.59 Å². The van der Waals surface area contributed by atoms with E-state index in [2.05, 4.69) is 10.6 Å². The smallest absolute Gasteiger partial charge is 0.244 e. The van der Waals surface area contributed by atoms with E-state index in [-0.39, 0.29) is 24.4 Å². The summed E-state index contributed by atoms with van der Waals surface area (Å²) in [7, 11) is 1.55. The summed E-state index contributed by atoms with van der Waals surface area (Å²) in [6, 6.07) is 7.05. The Morgan fingerprint density at radius 2 is 2.18 bits per heavy atom. The van der Waals surface area contributed by atoms with E-state index in [0.717, 1.165) is 19.4 Å². The standard InChI is InChI=1S/C16H23N3O3/c1-3-19(16(21)13-8-6-10-17-13)11-15(20)18-12-7-4-5-9-14(12)22-2/h4-5,7,9,13,17H,3,6,8,10-11H2,1-2H3,(H,18,20). The number of hydrogen-bond donors (Lipinski definition) is 2. The van der Waals surface area contributed by atoms with Crippen LogP contribution in [0.25, 0.3) is 0 Å². The van der Waals surface area contributed by atoms with Gasteiger partial charge in [-0.3, -0.25) is 9.59 Å². The highest BCUT2D eigenvalue weighted by atomic mass is 16.5. The monoisotopic (exact) mass is 305 g/mol. The second kappa shape index (κ2) is 7.79. The Morgan fingerprint density at radius 1 is 1.41 bits per heavy atom. The number of hydrogen-bond acceptors (Lipinski definition) is 4. The molecule has 0 aliphatic carbocycles. The number of anilines is 1. The summed E-state index contributed by atoms with van der Waals surface area (Å²) in [6.07, 6.45) is 1.84. The number of ether oxygens (including phenoxy) is 1. The molecule has 1 unspecified atom stereocenters. The summed E-state index contributed by atoms with van der Waals surface area (Å²) in [6.45, 7) is 3.30. The molecule has 1 heterocycles. The van der Waals surface area contributed by atoms with Gasteiger partial charge in [-0.2, -0.15) is 0 Å². The average Bonchev–Trinajstić information content (AvgIpc) is 3.07. The van der Waals surface area contributed by atoms with E-state index in [1.807, 2.05) is 19.1 Å². The molecule has 1 fully saturated rings. The summed E-state index contributed by atoms with van der Waals surface area (Å²) in [5, 5.41) is 5.96. The molecule has 22 heavy (non-hydrogen) atoms. The van der Waals surface area contributed by atoms with E-state index in [1.165, 1.54) is 0 Å². The number of methoxy groups -OCH3 is 1. The van der Waals surface area contributed by atoms with E-state index in [0.29, 0.717) is 18.0 Å². The fourth-order valence-electron chi connectivity index (χ4n) is 2.57. The molecule has 1 aliphatic heterocycles. The zero-order valence-electron chi connectivity index (χ0n) is 13.1. The van der Waals surface area contributed by atoms with Gasteiger partial charge in [0.15, 0.2) is 0 Å². The lowest BCUT2D eigenvalue weighted by Crippen LogP contribution is -2.46. The van der Waals surface area contributed by atoms with Crippen LogP contribution in [0.1, 0.15) is 19.8 Å². The summed E-state index contributed by atoms with van der Waals surface area (Å²) in [5.74, 6) is 0.371. The first-order chi connectivity index (χ1) is 10.7. The van der Waals surface area contributed by atoms with Crippen LogP contribution in [0.3, 0.4) is 0 Å². The average molecular weight is 305 g/mol. The molecular weight excluding hydrogens is 282 g/mol. The Kier molecular flexibility index (Phi) is 5.77. The number of likely N-dealkylation sites (N-methyl/N-ethyl adjacent to an activating group) is 1. The maximum atomic E-state index is 12.3. The third-order valence-corrected chi connectivity index (χ3v) is 3.77. The molecule has 1 saturated heterocycles. The maximum Gasteiger partial charge on any atom is 0.244 e. The molecule has 1 aromatic rings.